The SMILES string of the molecule is CCC(O)CCCCCCCCCCCCCCC(=O)[O-].CCC(O)CCCCCCCCCCCCCCC(=O)[O-].[Mg+2]. The summed E-state index contributed by atoms with van der Waals surface area (Å²) in [4.78, 5) is 20.5. The first-order chi connectivity index (χ1) is 20.3. The van der Waals surface area contributed by atoms with E-state index >= 15 is 0 Å². The fourth-order valence-corrected chi connectivity index (χ4v) is 5.24. The smallest absolute Gasteiger partial charge is 0.550 e. The fraction of sp³-hybridized carbons (Fsp3) is 0.944. The number of unbranched alkanes of at least 4 members (excludes halogenated alkanes) is 22. The molecule has 0 heterocycles. The van der Waals surface area contributed by atoms with Gasteiger partial charge in [0.15, 0.2) is 0 Å². The zero-order chi connectivity index (χ0) is 31.5. The first-order valence-electron chi connectivity index (χ1n) is 18.1. The van der Waals surface area contributed by atoms with Gasteiger partial charge in [-0.05, 0) is 51.4 Å². The number of aliphatic hydroxyl groups is 2. The molecule has 0 radical (unpaired) electrons. The Morgan fingerprint density at radius 2 is 0.605 bits per heavy atom. The number of rotatable bonds is 32. The molecule has 6 nitrogen and oxygen atoms in total. The van der Waals surface area contributed by atoms with Crippen molar-refractivity contribution in [3.05, 3.63) is 0 Å². The van der Waals surface area contributed by atoms with E-state index in [1.165, 1.54) is 116 Å². The van der Waals surface area contributed by atoms with E-state index in [1.807, 2.05) is 13.8 Å². The van der Waals surface area contributed by atoms with Crippen LogP contribution < -0.4 is 10.2 Å². The van der Waals surface area contributed by atoms with E-state index in [4.69, 9.17) is 0 Å². The molecule has 0 aromatic rings. The van der Waals surface area contributed by atoms with Gasteiger partial charge in [-0.1, -0.05) is 155 Å². The first kappa shape index (κ1) is 47.0. The minimum atomic E-state index is -0.917. The second-order valence-electron chi connectivity index (χ2n) is 12.4. The quantitative estimate of drug-likeness (QED) is 0.0590. The standard InChI is InChI=1S/2C18H36O3.Mg/c2*1-2-17(19)15-13-11-9-7-5-3-4-6-8-10-12-14-16-18(20)21;/h2*17,19H,2-16H2,1H3,(H,20,21);/q;;+2/p-2. The Morgan fingerprint density at radius 1 is 0.419 bits per heavy atom. The van der Waals surface area contributed by atoms with Crippen LogP contribution in [0.4, 0.5) is 0 Å². The Morgan fingerprint density at radius 3 is 0.791 bits per heavy atom. The Hall–Kier alpha value is -0.374. The Bertz CT molecular complexity index is 512. The fourth-order valence-electron chi connectivity index (χ4n) is 5.24. The van der Waals surface area contributed by atoms with Gasteiger partial charge in [-0.2, -0.15) is 0 Å². The normalized spacial score (nSPS) is 12.2. The minimum Gasteiger partial charge on any atom is -0.550 e. The summed E-state index contributed by atoms with van der Waals surface area (Å²) >= 11 is 0. The van der Waals surface area contributed by atoms with Gasteiger partial charge in [0.1, 0.15) is 0 Å². The Balaban J connectivity index is -0.000000727. The summed E-state index contributed by atoms with van der Waals surface area (Å²) in [5.41, 5.74) is 0. The summed E-state index contributed by atoms with van der Waals surface area (Å²) in [7, 11) is 0. The van der Waals surface area contributed by atoms with Crippen molar-refractivity contribution < 1.29 is 30.0 Å². The van der Waals surface area contributed by atoms with Crippen LogP contribution in [-0.4, -0.2) is 57.4 Å². The molecule has 0 amide bonds. The molecule has 0 spiro atoms. The summed E-state index contributed by atoms with van der Waals surface area (Å²) in [6, 6.07) is 0. The molecule has 0 aromatic carbocycles. The van der Waals surface area contributed by atoms with Crippen molar-refractivity contribution in [1.82, 2.24) is 0 Å². The van der Waals surface area contributed by atoms with Crippen LogP contribution in [0.5, 0.6) is 0 Å². The van der Waals surface area contributed by atoms with Gasteiger partial charge in [-0.25, -0.2) is 0 Å². The van der Waals surface area contributed by atoms with E-state index in [1.54, 1.807) is 0 Å². The average Bonchev–Trinajstić information content (AvgIpc) is 2.97. The van der Waals surface area contributed by atoms with Gasteiger partial charge in [0.2, 0.25) is 0 Å². The summed E-state index contributed by atoms with van der Waals surface area (Å²) in [5, 5.41) is 39.3. The number of carbonyl (C=O) groups is 2. The second-order valence-corrected chi connectivity index (χ2v) is 12.4. The summed E-state index contributed by atoms with van der Waals surface area (Å²) < 4.78 is 0. The van der Waals surface area contributed by atoms with Gasteiger partial charge >= 0.3 is 23.1 Å². The van der Waals surface area contributed by atoms with Crippen molar-refractivity contribution in [2.45, 2.75) is 219 Å². The van der Waals surface area contributed by atoms with Crippen LogP contribution in [0.25, 0.3) is 0 Å². The second kappa shape index (κ2) is 39.7. The van der Waals surface area contributed by atoms with E-state index in [-0.39, 0.29) is 48.1 Å². The number of hydrogen-bond donors (Lipinski definition) is 2. The van der Waals surface area contributed by atoms with E-state index in [9.17, 15) is 30.0 Å². The summed E-state index contributed by atoms with van der Waals surface area (Å²) in [5.74, 6) is -1.83. The van der Waals surface area contributed by atoms with Crippen molar-refractivity contribution in [3.63, 3.8) is 0 Å². The largest absolute Gasteiger partial charge is 2.00 e. The van der Waals surface area contributed by atoms with E-state index < -0.39 is 11.9 Å². The molecular weight excluding hydrogens is 553 g/mol. The predicted molar refractivity (Wildman–Crippen MR) is 178 cm³/mol. The topological polar surface area (TPSA) is 121 Å². The summed E-state index contributed by atoms with van der Waals surface area (Å²) in [6.45, 7) is 4.07. The monoisotopic (exact) mass is 623 g/mol. The van der Waals surface area contributed by atoms with E-state index in [2.05, 4.69) is 0 Å². The van der Waals surface area contributed by atoms with Gasteiger partial charge in [0.05, 0.1) is 12.2 Å². The number of carboxylic acid groups (broad SMARTS) is 2. The van der Waals surface area contributed by atoms with E-state index in [0.29, 0.717) is 0 Å². The molecule has 0 saturated heterocycles. The summed E-state index contributed by atoms with van der Waals surface area (Å²) in [6.07, 6.45) is 33.0. The maximum atomic E-state index is 10.2. The molecule has 0 saturated carbocycles. The first-order valence-corrected chi connectivity index (χ1v) is 18.1. The molecule has 2 atom stereocenters. The van der Waals surface area contributed by atoms with Crippen LogP contribution in [0.3, 0.4) is 0 Å². The van der Waals surface area contributed by atoms with Gasteiger partial charge in [-0.15, -0.1) is 0 Å². The third-order valence-electron chi connectivity index (χ3n) is 8.28. The molecule has 0 fully saturated rings. The molecule has 0 aliphatic carbocycles. The molecule has 2 N–H and O–H groups in total. The zero-order valence-corrected chi connectivity index (χ0v) is 30.0. The molecule has 2 unspecified atom stereocenters. The minimum absolute atomic E-state index is 0. The Kier molecular flexibility index (Phi) is 43.4. The molecule has 0 aliphatic rings. The third kappa shape index (κ3) is 46.2. The van der Waals surface area contributed by atoms with Crippen molar-refractivity contribution in [2.24, 2.45) is 0 Å². The number of aliphatic hydroxyl groups excluding tert-OH is 2. The number of carboxylic acids is 2. The van der Waals surface area contributed by atoms with Gasteiger partial charge < -0.3 is 30.0 Å². The average molecular weight is 623 g/mol. The molecular formula is C36H70MgO6. The van der Waals surface area contributed by atoms with Crippen LogP contribution in [0.15, 0.2) is 0 Å². The molecule has 0 aromatic heterocycles. The van der Waals surface area contributed by atoms with Crippen molar-refractivity contribution >= 4 is 35.0 Å². The molecule has 0 rings (SSSR count). The van der Waals surface area contributed by atoms with Crippen LogP contribution in [0, 0.1) is 0 Å². The van der Waals surface area contributed by atoms with Crippen LogP contribution >= 0.6 is 0 Å². The van der Waals surface area contributed by atoms with Crippen LogP contribution in [0.2, 0.25) is 0 Å². The van der Waals surface area contributed by atoms with Crippen molar-refractivity contribution in [2.75, 3.05) is 0 Å². The predicted octanol–water partition coefficient (Wildman–Crippen LogP) is 7.56. The molecule has 0 aliphatic heterocycles. The van der Waals surface area contributed by atoms with Crippen molar-refractivity contribution in [1.29, 1.82) is 0 Å². The zero-order valence-electron chi connectivity index (χ0n) is 28.6. The number of hydrogen-bond acceptors (Lipinski definition) is 6. The Labute approximate surface area is 282 Å². The molecule has 43 heavy (non-hydrogen) atoms. The number of carbonyl (C=O) groups excluding carboxylic acids is 2. The van der Waals surface area contributed by atoms with Gasteiger partial charge in [0.25, 0.3) is 0 Å². The van der Waals surface area contributed by atoms with E-state index in [0.717, 1.165) is 64.2 Å². The van der Waals surface area contributed by atoms with Crippen LogP contribution in [-0.2, 0) is 9.59 Å². The number of aliphatic carboxylic acids is 2. The molecule has 252 valence electrons. The van der Waals surface area contributed by atoms with Gasteiger partial charge in [0, 0.05) is 11.9 Å². The van der Waals surface area contributed by atoms with Crippen molar-refractivity contribution in [3.8, 4) is 0 Å². The molecule has 0 bridgehead atoms. The maximum absolute atomic E-state index is 10.2. The third-order valence-corrected chi connectivity index (χ3v) is 8.28. The maximum Gasteiger partial charge on any atom is 2.00 e. The van der Waals surface area contributed by atoms with Gasteiger partial charge in [-0.3, -0.25) is 0 Å². The van der Waals surface area contributed by atoms with Crippen LogP contribution in [0.1, 0.15) is 206 Å². The molecule has 7 heteroatoms.